The number of fused-ring (bicyclic) bond motifs is 3. The molecule has 3 unspecified atom stereocenters. The highest BCUT2D eigenvalue weighted by Gasteiger charge is 2.57. The molecular formula is C35H31F2N5O6S2. The van der Waals surface area contributed by atoms with E-state index >= 15 is 0 Å². The second kappa shape index (κ2) is 15.0. The van der Waals surface area contributed by atoms with Crippen molar-refractivity contribution in [3.8, 4) is 28.7 Å². The van der Waals surface area contributed by atoms with Gasteiger partial charge in [0.2, 0.25) is 0 Å². The van der Waals surface area contributed by atoms with E-state index < -0.39 is 39.3 Å². The summed E-state index contributed by atoms with van der Waals surface area (Å²) in [5, 5.41) is 5.41. The molecule has 0 spiro atoms. The van der Waals surface area contributed by atoms with Crippen molar-refractivity contribution in [2.45, 2.75) is 21.8 Å². The third-order valence-electron chi connectivity index (χ3n) is 7.83. The summed E-state index contributed by atoms with van der Waals surface area (Å²) in [4.78, 5) is 22.0. The number of ether oxygens (including phenoxy) is 3. The highest BCUT2D eigenvalue weighted by atomic mass is 32.2. The Bertz CT molecular complexity index is 2040. The summed E-state index contributed by atoms with van der Waals surface area (Å²) in [7, 11) is -2.04. The van der Waals surface area contributed by atoms with Crippen LogP contribution >= 0.6 is 0 Å². The van der Waals surface area contributed by atoms with Crippen molar-refractivity contribution < 1.29 is 36.2 Å². The number of aromatic nitrogens is 2. The van der Waals surface area contributed by atoms with Gasteiger partial charge in [-0.3, -0.25) is 13.7 Å². The van der Waals surface area contributed by atoms with Crippen molar-refractivity contribution >= 4 is 39.3 Å². The molecule has 1 fully saturated rings. The number of nitrogens with two attached hydrogens (primary N) is 1. The summed E-state index contributed by atoms with van der Waals surface area (Å²) in [6, 6.07) is 21.8. The van der Waals surface area contributed by atoms with Crippen LogP contribution in [0.1, 0.15) is 11.5 Å². The number of halogens is 2. The Hall–Kier alpha value is -5.41. The zero-order valence-electron chi connectivity index (χ0n) is 26.7. The summed E-state index contributed by atoms with van der Waals surface area (Å²) < 4.78 is 67.4. The van der Waals surface area contributed by atoms with Crippen LogP contribution in [0.25, 0.3) is 0 Å². The molecule has 5 atom stereocenters. The van der Waals surface area contributed by atoms with E-state index in [2.05, 4.69) is 20.6 Å². The first-order valence-electron chi connectivity index (χ1n) is 15.1. The van der Waals surface area contributed by atoms with Gasteiger partial charge in [0, 0.05) is 67.3 Å². The molecule has 2 aliphatic rings. The number of hydrogen-bond acceptors (Lipinski definition) is 9. The summed E-state index contributed by atoms with van der Waals surface area (Å²) in [5.74, 6) is 1.41. The number of urea groups is 1. The third-order valence-corrected chi connectivity index (χ3v) is 9.71. The fourth-order valence-electron chi connectivity index (χ4n) is 5.30. The highest BCUT2D eigenvalue weighted by Crippen LogP contribution is 2.55. The van der Waals surface area contributed by atoms with Crippen LogP contribution in [-0.2, 0) is 21.6 Å². The number of nitrogens with zero attached hydrogens (tertiary/aromatic N) is 2. The number of nitrogen functional groups attached to an aromatic ring is 1. The van der Waals surface area contributed by atoms with Crippen LogP contribution in [0, 0.1) is 17.6 Å². The van der Waals surface area contributed by atoms with Crippen molar-refractivity contribution in [2.24, 2.45) is 5.92 Å². The van der Waals surface area contributed by atoms with E-state index in [4.69, 9.17) is 19.9 Å². The molecule has 4 N–H and O–H groups in total. The van der Waals surface area contributed by atoms with Crippen LogP contribution < -0.4 is 30.6 Å². The van der Waals surface area contributed by atoms with Crippen LogP contribution in [0.4, 0.5) is 25.2 Å². The average molecular weight is 720 g/mol. The number of hydrogen-bond donors (Lipinski definition) is 3. The molecule has 1 saturated carbocycles. The van der Waals surface area contributed by atoms with Crippen molar-refractivity contribution in [1.82, 2.24) is 15.3 Å². The Labute approximate surface area is 291 Å². The molecule has 0 bridgehead atoms. The molecule has 1 aliphatic heterocycles. The van der Waals surface area contributed by atoms with Gasteiger partial charge >= 0.3 is 6.03 Å². The van der Waals surface area contributed by atoms with Crippen molar-refractivity contribution in [1.29, 1.82) is 0 Å². The summed E-state index contributed by atoms with van der Waals surface area (Å²) in [6.07, 6.45) is 6.26. The monoisotopic (exact) mass is 719 g/mol. The third kappa shape index (κ3) is 8.23. The summed E-state index contributed by atoms with van der Waals surface area (Å²) in [5.41, 5.74) is 5.65. The minimum atomic E-state index is -1.06. The van der Waals surface area contributed by atoms with Crippen molar-refractivity contribution in [3.05, 3.63) is 115 Å². The Balaban J connectivity index is 0.000000214. The van der Waals surface area contributed by atoms with Gasteiger partial charge < -0.3 is 25.3 Å². The maximum atomic E-state index is 14.2. The van der Waals surface area contributed by atoms with Crippen molar-refractivity contribution in [2.75, 3.05) is 30.2 Å². The zero-order chi connectivity index (χ0) is 35.4. The second-order valence-electron chi connectivity index (χ2n) is 11.2. The first kappa shape index (κ1) is 34.5. The molecule has 3 aromatic carbocycles. The zero-order valence-corrected chi connectivity index (χ0v) is 28.3. The minimum Gasteiger partial charge on any atom is -0.490 e. The molecule has 5 aromatic rings. The molecule has 0 saturated heterocycles. The molecule has 7 rings (SSSR count). The molecular weight excluding hydrogens is 689 g/mol. The predicted octanol–water partition coefficient (Wildman–Crippen LogP) is 6.38. The molecule has 258 valence electrons. The maximum Gasteiger partial charge on any atom is 0.320 e. The number of pyridine rings is 2. The molecule has 15 heteroatoms. The SMILES string of the molecule is CS(=O)c1ccc(Oc2ccc(N)nc2)cc1.CS(=O)c1ccc(Oc2ccc(NC(=O)NC3[C@H]4c5c(F)ccc(F)c5OC[C@@H]34)nc2)cc1. The Morgan fingerprint density at radius 2 is 1.32 bits per heavy atom. The number of rotatable bonds is 8. The average Bonchev–Trinajstić information content (AvgIpc) is 3.81. The molecule has 1 aliphatic carbocycles. The Morgan fingerprint density at radius 3 is 1.84 bits per heavy atom. The van der Waals surface area contributed by atoms with E-state index in [1.807, 2.05) is 0 Å². The largest absolute Gasteiger partial charge is 0.490 e. The highest BCUT2D eigenvalue weighted by molar-refractivity contribution is 7.84. The number of benzene rings is 3. The smallest absolute Gasteiger partial charge is 0.320 e. The van der Waals surface area contributed by atoms with Crippen LogP contribution in [0.2, 0.25) is 0 Å². The number of anilines is 2. The lowest BCUT2D eigenvalue weighted by Gasteiger charge is -2.16. The Morgan fingerprint density at radius 1 is 0.780 bits per heavy atom. The predicted molar refractivity (Wildman–Crippen MR) is 185 cm³/mol. The topological polar surface area (TPSA) is 155 Å². The standard InChI is InChI=1S/C23H19F2N3O4S.C12H12N2O2S/c1-33(30)14-5-2-12(3-6-14)32-13-4-9-18(26-10-13)27-23(29)28-21-15-11-31-22-17(25)8-7-16(24)20(22)19(15)21;1-17(15)11-5-2-9(3-6-11)16-10-4-7-12(13)14-8-10/h2-10,15,19,21H,11H2,1H3,(H2,26,27,28,29);2-8H,1H3,(H2,13,14)/t15-,19-,21?,33?;/m1./s1. The number of carbonyl (C=O) groups is 1. The van der Waals surface area contributed by atoms with Gasteiger partial charge in [-0.15, -0.1) is 0 Å². The second-order valence-corrected chi connectivity index (χ2v) is 14.0. The van der Waals surface area contributed by atoms with Gasteiger partial charge in [0.05, 0.1) is 19.0 Å². The fraction of sp³-hybridized carbons (Fsp3) is 0.171. The van der Waals surface area contributed by atoms with Gasteiger partial charge in [0.15, 0.2) is 11.6 Å². The quantitative estimate of drug-likeness (QED) is 0.166. The first-order chi connectivity index (χ1) is 24.0. The molecule has 3 heterocycles. The normalized spacial score (nSPS) is 18.0. The van der Waals surface area contributed by atoms with E-state index in [0.29, 0.717) is 39.5 Å². The fourth-order valence-corrected chi connectivity index (χ4v) is 6.34. The van der Waals surface area contributed by atoms with Gasteiger partial charge in [-0.1, -0.05) is 0 Å². The van der Waals surface area contributed by atoms with Crippen LogP contribution in [-0.4, -0.2) is 49.6 Å². The van der Waals surface area contributed by atoms with E-state index in [9.17, 15) is 22.0 Å². The van der Waals surface area contributed by atoms with Gasteiger partial charge in [-0.25, -0.2) is 23.5 Å². The van der Waals surface area contributed by atoms with Crippen molar-refractivity contribution in [3.63, 3.8) is 0 Å². The lowest BCUT2D eigenvalue weighted by Crippen LogP contribution is -2.32. The van der Waals surface area contributed by atoms with Crippen LogP contribution in [0.3, 0.4) is 0 Å². The molecule has 50 heavy (non-hydrogen) atoms. The maximum absolute atomic E-state index is 14.2. The van der Waals surface area contributed by atoms with E-state index in [1.54, 1.807) is 91.5 Å². The Kier molecular flexibility index (Phi) is 10.3. The molecule has 0 radical (unpaired) electrons. The molecule has 11 nitrogen and oxygen atoms in total. The summed E-state index contributed by atoms with van der Waals surface area (Å²) in [6.45, 7) is 0.211. The van der Waals surface area contributed by atoms with Crippen LogP contribution in [0.5, 0.6) is 28.7 Å². The summed E-state index contributed by atoms with van der Waals surface area (Å²) >= 11 is 0. The van der Waals surface area contributed by atoms with Gasteiger partial charge in [-0.2, -0.15) is 0 Å². The number of amides is 2. The molecule has 2 amide bonds. The molecule has 2 aromatic heterocycles. The van der Waals surface area contributed by atoms with Gasteiger partial charge in [0.1, 0.15) is 40.5 Å². The minimum absolute atomic E-state index is 0.0733. The van der Waals surface area contributed by atoms with Gasteiger partial charge in [0.25, 0.3) is 0 Å². The first-order valence-corrected chi connectivity index (χ1v) is 18.3. The lowest BCUT2D eigenvalue weighted by molar-refractivity contribution is 0.247. The van der Waals surface area contributed by atoms with Gasteiger partial charge in [-0.05, 0) is 84.9 Å². The number of carbonyl (C=O) groups excluding carboxylic acids is 1. The number of nitrogens with one attached hydrogen (secondary N) is 2. The van der Waals surface area contributed by atoms with Crippen LogP contribution in [0.15, 0.2) is 107 Å². The van der Waals surface area contributed by atoms with E-state index in [1.165, 1.54) is 6.20 Å². The van der Waals surface area contributed by atoms with E-state index in [0.717, 1.165) is 17.0 Å². The van der Waals surface area contributed by atoms with E-state index in [-0.39, 0.29) is 35.8 Å². The lowest BCUT2D eigenvalue weighted by atomic mass is 10.0.